The first-order chi connectivity index (χ1) is 14.5. The summed E-state index contributed by atoms with van der Waals surface area (Å²) in [5.74, 6) is 1.89. The number of imidazole rings is 1. The SMILES string of the molecule is Cc1c(C2NN=C(C3CCC3)O2)nc(-c2ccc(Cl)cc2Cl)n1-c1ccc(Cl)cc1. The summed E-state index contributed by atoms with van der Waals surface area (Å²) in [6, 6.07) is 13.0. The van der Waals surface area contributed by atoms with Gasteiger partial charge < -0.3 is 4.74 Å². The van der Waals surface area contributed by atoms with Crippen molar-refractivity contribution in [2.75, 3.05) is 0 Å². The molecule has 1 N–H and O–H groups in total. The summed E-state index contributed by atoms with van der Waals surface area (Å²) >= 11 is 18.8. The molecule has 2 aliphatic rings. The third-order valence-corrected chi connectivity index (χ3v) is 6.43. The molecule has 2 heterocycles. The van der Waals surface area contributed by atoms with Gasteiger partial charge in [-0.3, -0.25) is 9.99 Å². The van der Waals surface area contributed by atoms with Crippen LogP contribution in [0.1, 0.15) is 36.9 Å². The number of nitrogens with one attached hydrogen (secondary N) is 1. The van der Waals surface area contributed by atoms with Gasteiger partial charge in [-0.25, -0.2) is 4.98 Å². The summed E-state index contributed by atoms with van der Waals surface area (Å²) in [7, 11) is 0. The molecule has 0 radical (unpaired) electrons. The fraction of sp³-hybridized carbons (Fsp3) is 0.273. The molecule has 1 aliphatic heterocycles. The maximum atomic E-state index is 6.53. The van der Waals surface area contributed by atoms with Crippen LogP contribution in [0.15, 0.2) is 47.6 Å². The Morgan fingerprint density at radius 1 is 1.03 bits per heavy atom. The third-order valence-electron chi connectivity index (χ3n) is 5.63. The molecule has 1 aliphatic carbocycles. The number of hydrogen-bond acceptors (Lipinski definition) is 4. The van der Waals surface area contributed by atoms with Crippen LogP contribution >= 0.6 is 34.8 Å². The zero-order valence-corrected chi connectivity index (χ0v) is 18.5. The highest BCUT2D eigenvalue weighted by molar-refractivity contribution is 6.36. The minimum Gasteiger partial charge on any atom is -0.448 e. The Labute approximate surface area is 189 Å². The van der Waals surface area contributed by atoms with Crippen molar-refractivity contribution in [3.8, 4) is 17.1 Å². The summed E-state index contributed by atoms with van der Waals surface area (Å²) in [4.78, 5) is 4.93. The first-order valence-electron chi connectivity index (χ1n) is 9.81. The summed E-state index contributed by atoms with van der Waals surface area (Å²) in [5, 5.41) is 6.19. The molecule has 1 fully saturated rings. The molecule has 2 aromatic carbocycles. The summed E-state index contributed by atoms with van der Waals surface area (Å²) in [5.41, 5.74) is 6.51. The van der Waals surface area contributed by atoms with Gasteiger partial charge in [0.1, 0.15) is 11.5 Å². The highest BCUT2D eigenvalue weighted by Crippen LogP contribution is 2.37. The van der Waals surface area contributed by atoms with Gasteiger partial charge in [0.2, 0.25) is 12.1 Å². The van der Waals surface area contributed by atoms with E-state index in [-0.39, 0.29) is 0 Å². The molecule has 5 rings (SSSR count). The number of halogens is 3. The molecule has 3 aromatic rings. The number of benzene rings is 2. The minimum absolute atomic E-state index is 0.409. The lowest BCUT2D eigenvalue weighted by Crippen LogP contribution is -2.23. The lowest BCUT2D eigenvalue weighted by molar-refractivity contribution is 0.165. The molecule has 1 unspecified atom stereocenters. The van der Waals surface area contributed by atoms with Gasteiger partial charge in [0.25, 0.3) is 0 Å². The molecule has 0 bridgehead atoms. The van der Waals surface area contributed by atoms with Gasteiger partial charge in [-0.2, -0.15) is 0 Å². The molecule has 1 saturated carbocycles. The predicted octanol–water partition coefficient (Wildman–Crippen LogP) is 6.54. The third kappa shape index (κ3) is 3.45. The summed E-state index contributed by atoms with van der Waals surface area (Å²) in [6.45, 7) is 2.01. The van der Waals surface area contributed by atoms with Crippen molar-refractivity contribution in [3.05, 3.63) is 68.9 Å². The van der Waals surface area contributed by atoms with E-state index in [1.54, 1.807) is 12.1 Å². The van der Waals surface area contributed by atoms with Gasteiger partial charge in [0, 0.05) is 32.9 Å². The van der Waals surface area contributed by atoms with E-state index in [0.717, 1.165) is 41.4 Å². The Morgan fingerprint density at radius 2 is 1.77 bits per heavy atom. The quantitative estimate of drug-likeness (QED) is 0.480. The minimum atomic E-state index is -0.432. The Balaban J connectivity index is 1.60. The zero-order chi connectivity index (χ0) is 20.8. The largest absolute Gasteiger partial charge is 0.448 e. The smallest absolute Gasteiger partial charge is 0.231 e. The van der Waals surface area contributed by atoms with Gasteiger partial charge in [-0.1, -0.05) is 41.2 Å². The van der Waals surface area contributed by atoms with Crippen LogP contribution in [0.4, 0.5) is 0 Å². The van der Waals surface area contributed by atoms with E-state index >= 15 is 0 Å². The van der Waals surface area contributed by atoms with E-state index in [2.05, 4.69) is 10.5 Å². The molecule has 0 spiro atoms. The standard InChI is InChI=1S/C22H19Cl3N4O/c1-12-19(22-28-27-21(30-22)13-3-2-4-13)26-20(17-10-7-15(24)11-18(17)25)29(12)16-8-5-14(23)6-9-16/h5-11,13,22,28H,2-4H2,1H3. The lowest BCUT2D eigenvalue weighted by atomic mass is 9.85. The maximum Gasteiger partial charge on any atom is 0.231 e. The maximum absolute atomic E-state index is 6.53. The lowest BCUT2D eigenvalue weighted by Gasteiger charge is -2.24. The molecular weight excluding hydrogens is 443 g/mol. The van der Waals surface area contributed by atoms with Gasteiger partial charge in [0.15, 0.2) is 0 Å². The second kappa shape index (κ2) is 7.80. The van der Waals surface area contributed by atoms with Crippen molar-refractivity contribution < 1.29 is 4.74 Å². The van der Waals surface area contributed by atoms with Crippen molar-refractivity contribution in [1.82, 2.24) is 15.0 Å². The molecule has 8 heteroatoms. The highest BCUT2D eigenvalue weighted by atomic mass is 35.5. The molecule has 5 nitrogen and oxygen atoms in total. The van der Waals surface area contributed by atoms with Crippen molar-refractivity contribution in [1.29, 1.82) is 0 Å². The second-order valence-corrected chi connectivity index (χ2v) is 8.83. The van der Waals surface area contributed by atoms with E-state index in [4.69, 9.17) is 44.5 Å². The molecule has 30 heavy (non-hydrogen) atoms. The van der Waals surface area contributed by atoms with Crippen molar-refractivity contribution in [2.45, 2.75) is 32.4 Å². The van der Waals surface area contributed by atoms with Crippen LogP contribution in [0.5, 0.6) is 0 Å². The van der Waals surface area contributed by atoms with Crippen LogP contribution < -0.4 is 5.43 Å². The zero-order valence-electron chi connectivity index (χ0n) is 16.2. The Kier molecular flexibility index (Phi) is 5.13. The number of aromatic nitrogens is 2. The van der Waals surface area contributed by atoms with E-state index in [1.807, 2.05) is 41.8 Å². The van der Waals surface area contributed by atoms with E-state index in [0.29, 0.717) is 26.8 Å². The Hall–Kier alpha value is -2.21. The van der Waals surface area contributed by atoms with Crippen LogP contribution in [0, 0.1) is 12.8 Å². The van der Waals surface area contributed by atoms with E-state index in [1.165, 1.54) is 6.42 Å². The van der Waals surface area contributed by atoms with Crippen molar-refractivity contribution in [2.24, 2.45) is 11.0 Å². The van der Waals surface area contributed by atoms with E-state index < -0.39 is 6.23 Å². The van der Waals surface area contributed by atoms with Crippen molar-refractivity contribution in [3.63, 3.8) is 0 Å². The monoisotopic (exact) mass is 460 g/mol. The predicted molar refractivity (Wildman–Crippen MR) is 121 cm³/mol. The van der Waals surface area contributed by atoms with E-state index in [9.17, 15) is 0 Å². The summed E-state index contributed by atoms with van der Waals surface area (Å²) in [6.07, 6.45) is 3.04. The average molecular weight is 462 g/mol. The molecule has 0 amide bonds. The first-order valence-corrected chi connectivity index (χ1v) is 10.9. The number of nitrogens with zero attached hydrogens (tertiary/aromatic N) is 3. The van der Waals surface area contributed by atoms with Gasteiger partial charge in [-0.15, -0.1) is 5.10 Å². The van der Waals surface area contributed by atoms with Crippen LogP contribution in [0.2, 0.25) is 15.1 Å². The molecule has 154 valence electrons. The molecule has 1 aromatic heterocycles. The van der Waals surface area contributed by atoms with Crippen LogP contribution in [0.3, 0.4) is 0 Å². The number of rotatable bonds is 4. The van der Waals surface area contributed by atoms with Gasteiger partial charge in [-0.05, 0) is 62.2 Å². The van der Waals surface area contributed by atoms with Gasteiger partial charge in [0.05, 0.1) is 5.02 Å². The molecule has 0 saturated heterocycles. The first kappa shape index (κ1) is 19.7. The number of ether oxygens (including phenoxy) is 1. The molecular formula is C22H19Cl3N4O. The summed E-state index contributed by atoms with van der Waals surface area (Å²) < 4.78 is 8.18. The average Bonchev–Trinajstić information content (AvgIpc) is 3.26. The molecule has 1 atom stereocenters. The topological polar surface area (TPSA) is 51.4 Å². The van der Waals surface area contributed by atoms with Crippen LogP contribution in [-0.4, -0.2) is 15.4 Å². The number of hydrogen-bond donors (Lipinski definition) is 1. The van der Waals surface area contributed by atoms with Crippen LogP contribution in [-0.2, 0) is 4.74 Å². The van der Waals surface area contributed by atoms with Gasteiger partial charge >= 0.3 is 0 Å². The fourth-order valence-corrected chi connectivity index (χ4v) is 4.40. The number of hydrazone groups is 1. The fourth-order valence-electron chi connectivity index (χ4n) is 3.78. The second-order valence-electron chi connectivity index (χ2n) is 7.55. The van der Waals surface area contributed by atoms with Crippen molar-refractivity contribution >= 4 is 40.7 Å². The van der Waals surface area contributed by atoms with Crippen LogP contribution in [0.25, 0.3) is 17.1 Å². The normalized spacial score (nSPS) is 18.5. The highest BCUT2D eigenvalue weighted by Gasteiger charge is 2.34. The Bertz CT molecular complexity index is 1140. The Morgan fingerprint density at radius 3 is 2.43 bits per heavy atom.